The maximum Gasteiger partial charge on any atom is 0.254 e. The van der Waals surface area contributed by atoms with E-state index in [2.05, 4.69) is 10.3 Å². The second-order valence-corrected chi connectivity index (χ2v) is 8.57. The lowest BCUT2D eigenvalue weighted by Gasteiger charge is -2.33. The first-order chi connectivity index (χ1) is 15.6. The minimum Gasteiger partial charge on any atom is -0.324 e. The van der Waals surface area contributed by atoms with E-state index in [0.29, 0.717) is 29.3 Å². The lowest BCUT2D eigenvalue weighted by molar-refractivity contribution is -0.120. The first kappa shape index (κ1) is 20.4. The van der Waals surface area contributed by atoms with Crippen molar-refractivity contribution in [3.8, 4) is 5.69 Å². The smallest absolute Gasteiger partial charge is 0.254 e. The highest BCUT2D eigenvalue weighted by atomic mass is 19.1. The van der Waals surface area contributed by atoms with E-state index >= 15 is 0 Å². The Balaban J connectivity index is 1.39. The summed E-state index contributed by atoms with van der Waals surface area (Å²) >= 11 is 0. The maximum absolute atomic E-state index is 14.6. The Kier molecular flexibility index (Phi) is 5.47. The fraction of sp³-hybridized carbons (Fsp3) is 0.320. The van der Waals surface area contributed by atoms with E-state index in [-0.39, 0.29) is 17.9 Å². The number of carbonyl (C=O) groups excluding carboxylic acids is 2. The van der Waals surface area contributed by atoms with Crippen molar-refractivity contribution in [3.05, 3.63) is 78.6 Å². The fourth-order valence-electron chi connectivity index (χ4n) is 5.14. The Hall–Kier alpha value is -3.48. The lowest BCUT2D eigenvalue weighted by Crippen LogP contribution is -2.47. The number of anilines is 1. The van der Waals surface area contributed by atoms with Crippen molar-refractivity contribution in [2.45, 2.75) is 44.2 Å². The molecule has 1 aliphatic heterocycles. The molecule has 1 aromatic heterocycles. The van der Waals surface area contributed by atoms with Crippen LogP contribution in [0.5, 0.6) is 0 Å². The zero-order chi connectivity index (χ0) is 22.1. The number of imidazole rings is 1. The Morgan fingerprint density at radius 1 is 1.06 bits per heavy atom. The van der Waals surface area contributed by atoms with Gasteiger partial charge >= 0.3 is 0 Å². The molecule has 3 unspecified atom stereocenters. The minimum atomic E-state index is -0.563. The fourth-order valence-corrected chi connectivity index (χ4v) is 5.14. The van der Waals surface area contributed by atoms with Gasteiger partial charge in [0.1, 0.15) is 11.9 Å². The van der Waals surface area contributed by atoms with E-state index in [4.69, 9.17) is 0 Å². The van der Waals surface area contributed by atoms with E-state index in [1.807, 2.05) is 18.2 Å². The Bertz CT molecular complexity index is 1120. The van der Waals surface area contributed by atoms with Gasteiger partial charge < -0.3 is 14.8 Å². The van der Waals surface area contributed by atoms with Crippen molar-refractivity contribution in [1.82, 2.24) is 14.5 Å². The molecule has 1 N–H and O–H groups in total. The summed E-state index contributed by atoms with van der Waals surface area (Å²) in [5.74, 6) is -0.508. The lowest BCUT2D eigenvalue weighted by atomic mass is 9.84. The molecule has 1 saturated carbocycles. The third-order valence-electron chi connectivity index (χ3n) is 6.64. The predicted octanol–water partition coefficient (Wildman–Crippen LogP) is 4.42. The third-order valence-corrected chi connectivity index (χ3v) is 6.64. The quantitative estimate of drug-likeness (QED) is 0.664. The molecule has 2 aromatic carbocycles. The second kappa shape index (κ2) is 8.57. The minimum absolute atomic E-state index is 0.0764. The molecule has 5 rings (SSSR count). The molecular formula is C25H25FN4O2. The highest BCUT2D eigenvalue weighted by Gasteiger charge is 2.47. The van der Waals surface area contributed by atoms with E-state index in [1.165, 1.54) is 12.4 Å². The maximum atomic E-state index is 14.6. The number of hydrogen-bond donors (Lipinski definition) is 1. The van der Waals surface area contributed by atoms with Gasteiger partial charge in [0.25, 0.3) is 5.91 Å². The molecule has 3 atom stereocenters. The van der Waals surface area contributed by atoms with Gasteiger partial charge in [0, 0.05) is 29.7 Å². The molecule has 0 spiro atoms. The molecule has 2 aliphatic rings. The van der Waals surface area contributed by atoms with Crippen molar-refractivity contribution in [1.29, 1.82) is 0 Å². The van der Waals surface area contributed by atoms with Crippen molar-refractivity contribution in [2.75, 3.05) is 5.32 Å². The number of halogens is 1. The first-order valence-corrected chi connectivity index (χ1v) is 11.1. The number of fused-ring (bicyclic) bond motifs is 1. The predicted molar refractivity (Wildman–Crippen MR) is 119 cm³/mol. The monoisotopic (exact) mass is 432 g/mol. The molecule has 1 aliphatic carbocycles. The van der Waals surface area contributed by atoms with Crippen LogP contribution in [0.1, 0.15) is 42.5 Å². The van der Waals surface area contributed by atoms with E-state index in [1.54, 1.807) is 46.1 Å². The van der Waals surface area contributed by atoms with Crippen LogP contribution in [0.4, 0.5) is 10.1 Å². The van der Waals surface area contributed by atoms with Crippen LogP contribution in [0.25, 0.3) is 5.69 Å². The highest BCUT2D eigenvalue weighted by molar-refractivity contribution is 6.01. The van der Waals surface area contributed by atoms with E-state index in [9.17, 15) is 14.0 Å². The summed E-state index contributed by atoms with van der Waals surface area (Å²) in [5.41, 5.74) is 1.32. The normalized spacial score (nSPS) is 22.4. The van der Waals surface area contributed by atoms with Crippen LogP contribution >= 0.6 is 0 Å². The summed E-state index contributed by atoms with van der Waals surface area (Å²) in [6.07, 6.45) is 9.53. The Morgan fingerprint density at radius 3 is 2.62 bits per heavy atom. The zero-order valence-electron chi connectivity index (χ0n) is 17.7. The number of benzene rings is 2. The van der Waals surface area contributed by atoms with Gasteiger partial charge in [-0.05, 0) is 55.5 Å². The van der Waals surface area contributed by atoms with Crippen LogP contribution in [0, 0.1) is 11.7 Å². The molecule has 3 aromatic rings. The van der Waals surface area contributed by atoms with Crippen molar-refractivity contribution in [2.24, 2.45) is 5.92 Å². The number of amides is 2. The number of aromatic nitrogens is 2. The van der Waals surface area contributed by atoms with Gasteiger partial charge in [0.2, 0.25) is 5.91 Å². The zero-order valence-corrected chi connectivity index (χ0v) is 17.7. The number of rotatable bonds is 4. The van der Waals surface area contributed by atoms with Crippen molar-refractivity contribution >= 4 is 17.5 Å². The molecule has 6 nitrogen and oxygen atoms in total. The van der Waals surface area contributed by atoms with Crippen LogP contribution in [-0.2, 0) is 4.79 Å². The number of nitrogens with zero attached hydrogens (tertiary/aromatic N) is 3. The molecule has 2 fully saturated rings. The van der Waals surface area contributed by atoms with E-state index in [0.717, 1.165) is 25.7 Å². The third kappa shape index (κ3) is 3.79. The van der Waals surface area contributed by atoms with Crippen molar-refractivity contribution in [3.63, 3.8) is 0 Å². The van der Waals surface area contributed by atoms with Gasteiger partial charge in [-0.1, -0.05) is 31.0 Å². The molecule has 32 heavy (non-hydrogen) atoms. The van der Waals surface area contributed by atoms with Gasteiger partial charge in [-0.3, -0.25) is 9.59 Å². The SMILES string of the molecule is O=C(Nc1ccc(-n2ccnc2)c(F)c1)C1CC2CCCCC2N1C(=O)c1ccccc1. The average molecular weight is 432 g/mol. The van der Waals surface area contributed by atoms with Crippen LogP contribution in [0.2, 0.25) is 0 Å². The average Bonchev–Trinajstić information content (AvgIpc) is 3.47. The summed E-state index contributed by atoms with van der Waals surface area (Å²) in [5, 5.41) is 2.85. The summed E-state index contributed by atoms with van der Waals surface area (Å²) in [6.45, 7) is 0. The number of carbonyl (C=O) groups is 2. The largest absolute Gasteiger partial charge is 0.324 e. The summed E-state index contributed by atoms with van der Waals surface area (Å²) in [7, 11) is 0. The highest BCUT2D eigenvalue weighted by Crippen LogP contribution is 2.41. The number of nitrogens with one attached hydrogen (secondary N) is 1. The number of likely N-dealkylation sites (tertiary alicyclic amines) is 1. The molecule has 164 valence electrons. The van der Waals surface area contributed by atoms with Crippen LogP contribution in [0.3, 0.4) is 0 Å². The molecule has 2 amide bonds. The van der Waals surface area contributed by atoms with Gasteiger partial charge in [-0.2, -0.15) is 0 Å². The standard InChI is InChI=1S/C25H25FN4O2/c26-20-15-19(10-11-22(20)29-13-12-27-16-29)28-24(31)23-14-18-8-4-5-9-21(18)30(23)25(32)17-6-2-1-3-7-17/h1-3,6-7,10-13,15-16,18,21,23H,4-5,8-9,14H2,(H,28,31). The number of hydrogen-bond acceptors (Lipinski definition) is 3. The van der Waals surface area contributed by atoms with Crippen molar-refractivity contribution < 1.29 is 14.0 Å². The molecule has 0 bridgehead atoms. The molecule has 7 heteroatoms. The van der Waals surface area contributed by atoms with Gasteiger partial charge in [-0.15, -0.1) is 0 Å². The van der Waals surface area contributed by atoms with E-state index < -0.39 is 11.9 Å². The summed E-state index contributed by atoms with van der Waals surface area (Å²) < 4.78 is 16.2. The summed E-state index contributed by atoms with van der Waals surface area (Å²) in [4.78, 5) is 32.4. The second-order valence-electron chi connectivity index (χ2n) is 8.57. The summed E-state index contributed by atoms with van der Waals surface area (Å²) in [6, 6.07) is 13.2. The Morgan fingerprint density at radius 2 is 1.88 bits per heavy atom. The first-order valence-electron chi connectivity index (χ1n) is 11.1. The molecule has 0 radical (unpaired) electrons. The van der Waals surface area contributed by atoms with Gasteiger partial charge in [-0.25, -0.2) is 9.37 Å². The topological polar surface area (TPSA) is 67.2 Å². The van der Waals surface area contributed by atoms with Crippen LogP contribution in [0.15, 0.2) is 67.3 Å². The van der Waals surface area contributed by atoms with Crippen LogP contribution < -0.4 is 5.32 Å². The van der Waals surface area contributed by atoms with Gasteiger partial charge in [0.15, 0.2) is 0 Å². The molecule has 1 saturated heterocycles. The Labute approximate surface area is 186 Å². The van der Waals surface area contributed by atoms with Crippen LogP contribution in [-0.4, -0.2) is 38.3 Å². The molecule has 2 heterocycles. The molecular weight excluding hydrogens is 407 g/mol. The van der Waals surface area contributed by atoms with Gasteiger partial charge in [0.05, 0.1) is 12.0 Å².